The molecular formula is C13H17ClN2. The van der Waals surface area contributed by atoms with Gasteiger partial charge in [0.2, 0.25) is 0 Å². The molecular weight excluding hydrogens is 220 g/mol. The van der Waals surface area contributed by atoms with Crippen molar-refractivity contribution in [2.45, 2.75) is 19.9 Å². The highest BCUT2D eigenvalue weighted by Gasteiger charge is 2.11. The molecule has 0 amide bonds. The summed E-state index contributed by atoms with van der Waals surface area (Å²) in [6.07, 6.45) is 3.43. The van der Waals surface area contributed by atoms with E-state index in [1.165, 1.54) is 5.57 Å². The van der Waals surface area contributed by atoms with E-state index in [0.717, 1.165) is 42.3 Å². The van der Waals surface area contributed by atoms with Gasteiger partial charge in [0.05, 0.1) is 0 Å². The lowest BCUT2D eigenvalue weighted by Gasteiger charge is -2.25. The van der Waals surface area contributed by atoms with E-state index in [-0.39, 0.29) is 0 Å². The quantitative estimate of drug-likeness (QED) is 0.632. The maximum absolute atomic E-state index is 6.15. The van der Waals surface area contributed by atoms with Crippen molar-refractivity contribution in [3.63, 3.8) is 0 Å². The van der Waals surface area contributed by atoms with Gasteiger partial charge in [0.25, 0.3) is 0 Å². The van der Waals surface area contributed by atoms with Gasteiger partial charge >= 0.3 is 0 Å². The Hall–Kier alpha value is -0.990. The van der Waals surface area contributed by atoms with E-state index >= 15 is 0 Å². The fraction of sp³-hybridized carbons (Fsp3) is 0.385. The SMILES string of the molecule is CC1=CCN(Cc2cc(N)ccc2Cl)CC1. The summed E-state index contributed by atoms with van der Waals surface area (Å²) in [5.74, 6) is 0. The molecule has 0 bridgehead atoms. The molecule has 0 aliphatic carbocycles. The lowest BCUT2D eigenvalue weighted by Crippen LogP contribution is -2.28. The van der Waals surface area contributed by atoms with Crippen LogP contribution in [0.3, 0.4) is 0 Å². The van der Waals surface area contributed by atoms with E-state index in [0.29, 0.717) is 0 Å². The fourth-order valence-electron chi connectivity index (χ4n) is 1.91. The Kier molecular flexibility index (Phi) is 3.52. The average Bonchev–Trinajstić information content (AvgIpc) is 2.27. The number of benzene rings is 1. The summed E-state index contributed by atoms with van der Waals surface area (Å²) in [6, 6.07) is 5.68. The molecule has 2 nitrogen and oxygen atoms in total. The van der Waals surface area contributed by atoms with Crippen LogP contribution in [0.25, 0.3) is 0 Å². The van der Waals surface area contributed by atoms with Crippen LogP contribution >= 0.6 is 11.6 Å². The minimum absolute atomic E-state index is 0.781. The first-order chi connectivity index (χ1) is 7.65. The molecule has 16 heavy (non-hydrogen) atoms. The number of hydrogen-bond acceptors (Lipinski definition) is 2. The minimum Gasteiger partial charge on any atom is -0.399 e. The monoisotopic (exact) mass is 236 g/mol. The number of hydrogen-bond donors (Lipinski definition) is 1. The molecule has 1 aromatic rings. The summed E-state index contributed by atoms with van der Waals surface area (Å²) in [5.41, 5.74) is 9.15. The van der Waals surface area contributed by atoms with Crippen molar-refractivity contribution in [1.29, 1.82) is 0 Å². The summed E-state index contributed by atoms with van der Waals surface area (Å²) in [6.45, 7) is 5.18. The first-order valence-electron chi connectivity index (χ1n) is 5.57. The topological polar surface area (TPSA) is 29.3 Å². The highest BCUT2D eigenvalue weighted by Crippen LogP contribution is 2.22. The second kappa shape index (κ2) is 4.89. The van der Waals surface area contributed by atoms with Gasteiger partial charge in [0, 0.05) is 30.3 Å². The second-order valence-corrected chi connectivity index (χ2v) is 4.79. The Morgan fingerprint density at radius 1 is 1.44 bits per heavy atom. The van der Waals surface area contributed by atoms with Crippen LogP contribution in [0.1, 0.15) is 18.9 Å². The minimum atomic E-state index is 0.781. The van der Waals surface area contributed by atoms with E-state index in [2.05, 4.69) is 17.9 Å². The van der Waals surface area contributed by atoms with Crippen LogP contribution in [0.2, 0.25) is 5.02 Å². The van der Waals surface area contributed by atoms with Gasteiger partial charge in [0.15, 0.2) is 0 Å². The number of halogens is 1. The molecule has 2 N–H and O–H groups in total. The van der Waals surface area contributed by atoms with Crippen molar-refractivity contribution in [2.24, 2.45) is 0 Å². The van der Waals surface area contributed by atoms with Crippen LogP contribution in [0.5, 0.6) is 0 Å². The molecule has 0 unspecified atom stereocenters. The molecule has 3 heteroatoms. The zero-order valence-electron chi connectivity index (χ0n) is 9.54. The van der Waals surface area contributed by atoms with Crippen molar-refractivity contribution in [3.05, 3.63) is 40.4 Å². The molecule has 0 spiro atoms. The molecule has 0 atom stereocenters. The molecule has 0 saturated carbocycles. The molecule has 2 rings (SSSR count). The van der Waals surface area contributed by atoms with E-state index in [4.69, 9.17) is 17.3 Å². The summed E-state index contributed by atoms with van der Waals surface area (Å²) in [7, 11) is 0. The summed E-state index contributed by atoms with van der Waals surface area (Å²) in [5, 5.41) is 0.806. The largest absolute Gasteiger partial charge is 0.399 e. The standard InChI is InChI=1S/C13H17ClN2/c1-10-4-6-16(7-5-10)9-11-8-12(15)2-3-13(11)14/h2-4,8H,5-7,9,15H2,1H3. The summed E-state index contributed by atoms with van der Waals surface area (Å²) in [4.78, 5) is 2.38. The molecule has 86 valence electrons. The first kappa shape index (κ1) is 11.5. The van der Waals surface area contributed by atoms with E-state index in [1.807, 2.05) is 18.2 Å². The predicted molar refractivity (Wildman–Crippen MR) is 69.5 cm³/mol. The fourth-order valence-corrected chi connectivity index (χ4v) is 2.09. The van der Waals surface area contributed by atoms with Crippen molar-refractivity contribution in [2.75, 3.05) is 18.8 Å². The van der Waals surface area contributed by atoms with Gasteiger partial charge in [0.1, 0.15) is 0 Å². The zero-order chi connectivity index (χ0) is 11.5. The maximum Gasteiger partial charge on any atom is 0.0452 e. The van der Waals surface area contributed by atoms with Gasteiger partial charge in [-0.15, -0.1) is 0 Å². The molecule has 0 saturated heterocycles. The smallest absolute Gasteiger partial charge is 0.0452 e. The normalized spacial score (nSPS) is 17.2. The third kappa shape index (κ3) is 2.77. The van der Waals surface area contributed by atoms with Gasteiger partial charge in [-0.1, -0.05) is 23.3 Å². The van der Waals surface area contributed by atoms with Crippen molar-refractivity contribution < 1.29 is 0 Å². The Labute approximate surface area is 102 Å². The van der Waals surface area contributed by atoms with Gasteiger partial charge in [-0.25, -0.2) is 0 Å². The molecule has 0 aromatic heterocycles. The van der Waals surface area contributed by atoms with E-state index in [9.17, 15) is 0 Å². The molecule has 0 radical (unpaired) electrons. The number of rotatable bonds is 2. The Bertz CT molecular complexity index is 412. The number of nitrogens with zero attached hydrogens (tertiary/aromatic N) is 1. The number of anilines is 1. The average molecular weight is 237 g/mol. The van der Waals surface area contributed by atoms with Gasteiger partial charge < -0.3 is 5.73 Å². The van der Waals surface area contributed by atoms with Gasteiger partial charge in [-0.3, -0.25) is 4.90 Å². The molecule has 1 aliphatic rings. The van der Waals surface area contributed by atoms with Crippen LogP contribution in [0, 0.1) is 0 Å². The molecule has 1 heterocycles. The van der Waals surface area contributed by atoms with Crippen molar-refractivity contribution in [3.8, 4) is 0 Å². The lowest BCUT2D eigenvalue weighted by atomic mass is 10.1. The lowest BCUT2D eigenvalue weighted by molar-refractivity contribution is 0.286. The Morgan fingerprint density at radius 2 is 2.25 bits per heavy atom. The van der Waals surface area contributed by atoms with Crippen molar-refractivity contribution in [1.82, 2.24) is 4.90 Å². The van der Waals surface area contributed by atoms with E-state index < -0.39 is 0 Å². The molecule has 1 aromatic carbocycles. The van der Waals surface area contributed by atoms with Crippen LogP contribution < -0.4 is 5.73 Å². The van der Waals surface area contributed by atoms with Gasteiger partial charge in [-0.2, -0.15) is 0 Å². The number of nitrogen functional groups attached to an aromatic ring is 1. The maximum atomic E-state index is 6.15. The third-order valence-electron chi connectivity index (χ3n) is 2.98. The number of nitrogens with two attached hydrogens (primary N) is 1. The predicted octanol–water partition coefficient (Wildman–Crippen LogP) is 3.07. The van der Waals surface area contributed by atoms with Crippen LogP contribution in [0.15, 0.2) is 29.8 Å². The third-order valence-corrected chi connectivity index (χ3v) is 3.35. The summed E-state index contributed by atoms with van der Waals surface area (Å²) < 4.78 is 0. The Balaban J connectivity index is 2.06. The molecule has 0 fully saturated rings. The van der Waals surface area contributed by atoms with Gasteiger partial charge in [-0.05, 0) is 37.1 Å². The second-order valence-electron chi connectivity index (χ2n) is 4.39. The first-order valence-corrected chi connectivity index (χ1v) is 5.95. The van der Waals surface area contributed by atoms with Crippen molar-refractivity contribution >= 4 is 17.3 Å². The Morgan fingerprint density at radius 3 is 2.94 bits per heavy atom. The zero-order valence-corrected chi connectivity index (χ0v) is 10.3. The summed E-state index contributed by atoms with van der Waals surface area (Å²) >= 11 is 6.15. The highest BCUT2D eigenvalue weighted by atomic mass is 35.5. The van der Waals surface area contributed by atoms with Crippen LogP contribution in [-0.2, 0) is 6.54 Å². The molecule has 1 aliphatic heterocycles. The van der Waals surface area contributed by atoms with Crippen LogP contribution in [0.4, 0.5) is 5.69 Å². The van der Waals surface area contributed by atoms with E-state index in [1.54, 1.807) is 0 Å². The highest BCUT2D eigenvalue weighted by molar-refractivity contribution is 6.31. The van der Waals surface area contributed by atoms with Crippen LogP contribution in [-0.4, -0.2) is 18.0 Å².